The third kappa shape index (κ3) is 3.13. The molecule has 0 aromatic heterocycles. The Labute approximate surface area is 121 Å². The Hall–Kier alpha value is -0.570. The summed E-state index contributed by atoms with van der Waals surface area (Å²) in [6.07, 6.45) is 4.66. The molecular weight excluding hydrogens is 258 g/mol. The molecule has 106 valence electrons. The number of hydrogen-bond donors (Lipinski definition) is 1. The van der Waals surface area contributed by atoms with Gasteiger partial charge in [-0.3, -0.25) is 0 Å². The molecule has 1 aromatic carbocycles. The Morgan fingerprint density at radius 3 is 2.58 bits per heavy atom. The highest BCUT2D eigenvalue weighted by Gasteiger charge is 2.41. The number of nitrogens with one attached hydrogen (secondary N) is 1. The standard InChI is InChI=1S/C16H24ClNO/c1-12-7-9-16(19-3,10-8-12)15(18-2)13-5-4-6-14(17)11-13/h4-6,11-12,15,18H,7-10H2,1-3H3. The predicted octanol–water partition coefficient (Wildman–Crippen LogP) is 4.20. The summed E-state index contributed by atoms with van der Waals surface area (Å²) >= 11 is 6.13. The van der Waals surface area contributed by atoms with E-state index in [0.29, 0.717) is 0 Å². The smallest absolute Gasteiger partial charge is 0.0872 e. The lowest BCUT2D eigenvalue weighted by atomic mass is 9.73. The fourth-order valence-electron chi connectivity index (χ4n) is 3.28. The average molecular weight is 282 g/mol. The fraction of sp³-hybridized carbons (Fsp3) is 0.625. The third-order valence-electron chi connectivity index (χ3n) is 4.52. The minimum Gasteiger partial charge on any atom is -0.376 e. The van der Waals surface area contributed by atoms with Crippen LogP contribution in [-0.2, 0) is 4.74 Å². The molecule has 0 saturated heterocycles. The van der Waals surface area contributed by atoms with Gasteiger partial charge in [-0.05, 0) is 56.3 Å². The summed E-state index contributed by atoms with van der Waals surface area (Å²) in [6.45, 7) is 2.33. The number of likely N-dealkylation sites (N-methyl/N-ethyl adjacent to an activating group) is 1. The van der Waals surface area contributed by atoms with Crippen molar-refractivity contribution in [2.75, 3.05) is 14.2 Å². The third-order valence-corrected chi connectivity index (χ3v) is 4.76. The molecule has 0 amide bonds. The average Bonchev–Trinajstić information content (AvgIpc) is 2.42. The summed E-state index contributed by atoms with van der Waals surface area (Å²) in [7, 11) is 3.84. The van der Waals surface area contributed by atoms with E-state index < -0.39 is 0 Å². The second-order valence-corrected chi connectivity index (χ2v) is 6.16. The van der Waals surface area contributed by atoms with Crippen molar-refractivity contribution in [1.82, 2.24) is 5.32 Å². The molecule has 3 heteroatoms. The summed E-state index contributed by atoms with van der Waals surface area (Å²) in [6, 6.07) is 8.30. The van der Waals surface area contributed by atoms with Crippen LogP contribution in [0.3, 0.4) is 0 Å². The van der Waals surface area contributed by atoms with Gasteiger partial charge in [-0.2, -0.15) is 0 Å². The molecule has 2 nitrogen and oxygen atoms in total. The van der Waals surface area contributed by atoms with E-state index in [2.05, 4.69) is 18.3 Å². The minimum absolute atomic E-state index is 0.105. The molecule has 0 spiro atoms. The summed E-state index contributed by atoms with van der Waals surface area (Å²) in [5.41, 5.74) is 1.11. The number of halogens is 1. The molecule has 1 N–H and O–H groups in total. The van der Waals surface area contributed by atoms with E-state index in [9.17, 15) is 0 Å². The summed E-state index contributed by atoms with van der Waals surface area (Å²) in [5, 5.41) is 4.22. The molecule has 1 atom stereocenters. The molecule has 1 aliphatic rings. The van der Waals surface area contributed by atoms with Crippen molar-refractivity contribution >= 4 is 11.6 Å². The van der Waals surface area contributed by atoms with Crippen LogP contribution in [0.25, 0.3) is 0 Å². The lowest BCUT2D eigenvalue weighted by molar-refractivity contribution is -0.0745. The first kappa shape index (κ1) is 14.8. The van der Waals surface area contributed by atoms with Crippen LogP contribution < -0.4 is 5.32 Å². The molecule has 1 aliphatic carbocycles. The Morgan fingerprint density at radius 1 is 1.37 bits per heavy atom. The molecule has 2 rings (SSSR count). The van der Waals surface area contributed by atoms with Crippen LogP contribution in [-0.4, -0.2) is 19.8 Å². The molecule has 1 saturated carbocycles. The first-order valence-electron chi connectivity index (χ1n) is 7.09. The van der Waals surface area contributed by atoms with Crippen LogP contribution in [0.15, 0.2) is 24.3 Å². The van der Waals surface area contributed by atoms with Crippen molar-refractivity contribution in [3.63, 3.8) is 0 Å². The highest BCUT2D eigenvalue weighted by atomic mass is 35.5. The van der Waals surface area contributed by atoms with Crippen LogP contribution in [0, 0.1) is 5.92 Å². The van der Waals surface area contributed by atoms with Crippen LogP contribution >= 0.6 is 11.6 Å². The first-order valence-corrected chi connectivity index (χ1v) is 7.47. The number of benzene rings is 1. The maximum Gasteiger partial charge on any atom is 0.0872 e. The topological polar surface area (TPSA) is 21.3 Å². The zero-order chi connectivity index (χ0) is 13.9. The number of methoxy groups -OCH3 is 1. The van der Waals surface area contributed by atoms with E-state index in [1.807, 2.05) is 32.4 Å². The van der Waals surface area contributed by atoms with Crippen molar-refractivity contribution in [3.8, 4) is 0 Å². The van der Waals surface area contributed by atoms with E-state index in [0.717, 1.165) is 23.8 Å². The van der Waals surface area contributed by atoms with Crippen molar-refractivity contribution in [2.24, 2.45) is 5.92 Å². The first-order chi connectivity index (χ1) is 9.11. The molecule has 0 heterocycles. The highest BCUT2D eigenvalue weighted by molar-refractivity contribution is 6.30. The molecule has 0 radical (unpaired) electrons. The molecule has 1 fully saturated rings. The number of ether oxygens (including phenoxy) is 1. The van der Waals surface area contributed by atoms with Gasteiger partial charge in [0.25, 0.3) is 0 Å². The van der Waals surface area contributed by atoms with Crippen molar-refractivity contribution in [1.29, 1.82) is 0 Å². The van der Waals surface area contributed by atoms with E-state index >= 15 is 0 Å². The Bertz CT molecular complexity index is 413. The van der Waals surface area contributed by atoms with Crippen LogP contribution in [0.2, 0.25) is 5.02 Å². The molecular formula is C16H24ClNO. The second kappa shape index (κ2) is 6.25. The Kier molecular flexibility index (Phi) is 4.88. The second-order valence-electron chi connectivity index (χ2n) is 5.73. The summed E-state index contributed by atoms with van der Waals surface area (Å²) in [4.78, 5) is 0. The summed E-state index contributed by atoms with van der Waals surface area (Å²) in [5.74, 6) is 0.806. The van der Waals surface area contributed by atoms with Crippen LogP contribution in [0.1, 0.15) is 44.2 Å². The van der Waals surface area contributed by atoms with Crippen LogP contribution in [0.5, 0.6) is 0 Å². The van der Waals surface area contributed by atoms with Gasteiger partial charge in [0.05, 0.1) is 11.6 Å². The summed E-state index contributed by atoms with van der Waals surface area (Å²) < 4.78 is 5.97. The van der Waals surface area contributed by atoms with Crippen molar-refractivity contribution < 1.29 is 4.74 Å². The number of rotatable bonds is 4. The molecule has 1 unspecified atom stereocenters. The highest BCUT2D eigenvalue weighted by Crippen LogP contribution is 2.43. The minimum atomic E-state index is -0.105. The zero-order valence-corrected chi connectivity index (χ0v) is 12.8. The van der Waals surface area contributed by atoms with E-state index in [1.54, 1.807) is 0 Å². The largest absolute Gasteiger partial charge is 0.376 e. The molecule has 1 aromatic rings. The van der Waals surface area contributed by atoms with Gasteiger partial charge in [-0.1, -0.05) is 30.7 Å². The SMILES string of the molecule is CNC(c1cccc(Cl)c1)C1(OC)CCC(C)CC1. The maximum absolute atomic E-state index is 6.13. The lowest BCUT2D eigenvalue weighted by Gasteiger charge is -2.44. The quantitative estimate of drug-likeness (QED) is 0.893. The van der Waals surface area contributed by atoms with Gasteiger partial charge >= 0.3 is 0 Å². The molecule has 19 heavy (non-hydrogen) atoms. The normalized spacial score (nSPS) is 29.2. The van der Waals surface area contributed by atoms with Gasteiger partial charge in [0.1, 0.15) is 0 Å². The molecule has 0 aliphatic heterocycles. The van der Waals surface area contributed by atoms with E-state index in [-0.39, 0.29) is 11.6 Å². The van der Waals surface area contributed by atoms with Gasteiger partial charge in [-0.15, -0.1) is 0 Å². The zero-order valence-electron chi connectivity index (χ0n) is 12.1. The van der Waals surface area contributed by atoms with Gasteiger partial charge < -0.3 is 10.1 Å². The van der Waals surface area contributed by atoms with E-state index in [1.165, 1.54) is 18.4 Å². The van der Waals surface area contributed by atoms with Gasteiger partial charge in [-0.25, -0.2) is 0 Å². The van der Waals surface area contributed by atoms with Gasteiger partial charge in [0, 0.05) is 12.1 Å². The molecule has 0 bridgehead atoms. The van der Waals surface area contributed by atoms with Gasteiger partial charge in [0.15, 0.2) is 0 Å². The Morgan fingerprint density at radius 2 is 2.05 bits per heavy atom. The van der Waals surface area contributed by atoms with Crippen molar-refractivity contribution in [3.05, 3.63) is 34.9 Å². The lowest BCUT2D eigenvalue weighted by Crippen LogP contribution is -2.46. The van der Waals surface area contributed by atoms with Crippen molar-refractivity contribution in [2.45, 2.75) is 44.2 Å². The van der Waals surface area contributed by atoms with Gasteiger partial charge in [0.2, 0.25) is 0 Å². The fourth-order valence-corrected chi connectivity index (χ4v) is 3.48. The van der Waals surface area contributed by atoms with Crippen LogP contribution in [0.4, 0.5) is 0 Å². The maximum atomic E-state index is 6.13. The Balaban J connectivity index is 2.28. The monoisotopic (exact) mass is 281 g/mol. The predicted molar refractivity (Wildman–Crippen MR) is 80.6 cm³/mol. The number of hydrogen-bond acceptors (Lipinski definition) is 2. The van der Waals surface area contributed by atoms with E-state index in [4.69, 9.17) is 16.3 Å².